The third-order valence-corrected chi connectivity index (χ3v) is 16.8. The molecule has 1 aromatic carbocycles. The average molecular weight is 965 g/mol. The molecule has 2 unspecified atom stereocenters. The minimum Gasteiger partial charge on any atom is -0.480 e. The number of carbonyl (C=O) groups is 4. The van der Waals surface area contributed by atoms with Gasteiger partial charge in [-0.25, -0.2) is 15.0 Å². The number of nitrogens with zero attached hydrogens (tertiary/aromatic N) is 8. The fourth-order valence-electron chi connectivity index (χ4n) is 12.0. The molecule has 9 heterocycles. The van der Waals surface area contributed by atoms with Gasteiger partial charge in [-0.05, 0) is 137 Å². The first-order valence-electron chi connectivity index (χ1n) is 24.9. The van der Waals surface area contributed by atoms with E-state index in [0.29, 0.717) is 65.9 Å². The van der Waals surface area contributed by atoms with Gasteiger partial charge >= 0.3 is 0 Å². The molecular formula is C53H60N10O6S. The zero-order valence-corrected chi connectivity index (χ0v) is 41.1. The number of pyridine rings is 3. The summed E-state index contributed by atoms with van der Waals surface area (Å²) in [6.07, 6.45) is 12.3. The molecule has 0 radical (unpaired) electrons. The highest BCUT2D eigenvalue weighted by Gasteiger charge is 2.41. The number of ether oxygens (including phenoxy) is 1. The Morgan fingerprint density at radius 1 is 0.814 bits per heavy atom. The number of aliphatic hydroxyl groups is 1. The fraction of sp³-hybridized carbons (Fsp3) is 0.453. The lowest BCUT2D eigenvalue weighted by molar-refractivity contribution is -0.136. The van der Waals surface area contributed by atoms with E-state index in [4.69, 9.17) is 14.7 Å². The molecule has 0 bridgehead atoms. The summed E-state index contributed by atoms with van der Waals surface area (Å²) in [6, 6.07) is 14.4. The molecule has 5 aliphatic heterocycles. The van der Waals surface area contributed by atoms with Gasteiger partial charge in [0.1, 0.15) is 23.4 Å². The molecule has 3 N–H and O–H groups in total. The number of nitrogens with one attached hydrogen (secondary N) is 2. The number of imide groups is 1. The molecule has 5 atom stereocenters. The van der Waals surface area contributed by atoms with Crippen LogP contribution in [0.15, 0.2) is 61.1 Å². The van der Waals surface area contributed by atoms with Crippen molar-refractivity contribution in [2.24, 2.45) is 0 Å². The maximum atomic E-state index is 14.1. The van der Waals surface area contributed by atoms with Crippen molar-refractivity contribution in [2.75, 3.05) is 59.9 Å². The molecule has 0 saturated carbocycles. The monoisotopic (exact) mass is 964 g/mol. The number of carbonyl (C=O) groups excluding carboxylic acids is 4. The number of aryl methyl sites for hydroxylation is 1. The number of hydrogen-bond acceptors (Lipinski definition) is 14. The SMILES string of the molecule is COc1ncc(-c2ccnc(N3CCc4c(sc5c4CCCC5)C3=O)c2C(C)O)cc1Nc1ccc(N2CCN(C3CCN(c4ccc5c(c4)CN([C@H]4CCC(=O)NC4=O)C5=O)[C@H](C)C3)C[C@@H]2C)cn1. The number of amides is 4. The number of benzene rings is 1. The van der Waals surface area contributed by atoms with Gasteiger partial charge in [-0.2, -0.15) is 0 Å². The van der Waals surface area contributed by atoms with Crippen LogP contribution in [0.3, 0.4) is 0 Å². The first-order chi connectivity index (χ1) is 33.9. The predicted molar refractivity (Wildman–Crippen MR) is 269 cm³/mol. The lowest BCUT2D eigenvalue weighted by Gasteiger charge is -2.48. The van der Waals surface area contributed by atoms with Crippen molar-refractivity contribution in [3.63, 3.8) is 0 Å². The van der Waals surface area contributed by atoms with Gasteiger partial charge in [-0.15, -0.1) is 11.3 Å². The topological polar surface area (TPSA) is 177 Å². The number of thiophene rings is 1. The Hall–Kier alpha value is -6.43. The van der Waals surface area contributed by atoms with Crippen LogP contribution in [0.2, 0.25) is 0 Å². The maximum absolute atomic E-state index is 14.1. The van der Waals surface area contributed by atoms with E-state index in [0.717, 1.165) is 91.2 Å². The summed E-state index contributed by atoms with van der Waals surface area (Å²) in [5.41, 5.74) is 8.99. The van der Waals surface area contributed by atoms with E-state index in [1.54, 1.807) is 47.6 Å². The van der Waals surface area contributed by atoms with Crippen molar-refractivity contribution >= 4 is 63.7 Å². The number of methoxy groups -OCH3 is 1. The minimum absolute atomic E-state index is 0.0438. The number of piperazine rings is 1. The largest absolute Gasteiger partial charge is 0.480 e. The Morgan fingerprint density at radius 3 is 2.41 bits per heavy atom. The van der Waals surface area contributed by atoms with Crippen LogP contribution in [0.4, 0.5) is 28.7 Å². The molecule has 3 saturated heterocycles. The Labute approximate surface area is 412 Å². The summed E-state index contributed by atoms with van der Waals surface area (Å²) in [7, 11) is 1.58. The van der Waals surface area contributed by atoms with Gasteiger partial charge in [0.25, 0.3) is 11.8 Å². The van der Waals surface area contributed by atoms with E-state index < -0.39 is 18.1 Å². The second-order valence-corrected chi connectivity index (χ2v) is 20.9. The Balaban J connectivity index is 0.728. The minimum atomic E-state index is -0.904. The lowest BCUT2D eigenvalue weighted by Crippen LogP contribution is -2.58. The van der Waals surface area contributed by atoms with Crippen LogP contribution in [-0.2, 0) is 35.4 Å². The van der Waals surface area contributed by atoms with Crippen LogP contribution in [-0.4, -0.2) is 117 Å². The third kappa shape index (κ3) is 8.34. The van der Waals surface area contributed by atoms with Gasteiger partial charge in [-0.3, -0.25) is 34.3 Å². The number of aromatic nitrogens is 3. The zero-order valence-electron chi connectivity index (χ0n) is 40.2. The van der Waals surface area contributed by atoms with Crippen molar-refractivity contribution in [1.29, 1.82) is 0 Å². The molecule has 70 heavy (non-hydrogen) atoms. The van der Waals surface area contributed by atoms with E-state index in [1.165, 1.54) is 28.8 Å². The Bertz CT molecular complexity index is 2890. The molecule has 4 amide bonds. The number of rotatable bonds is 10. The molecule has 17 heteroatoms. The van der Waals surface area contributed by atoms with Crippen LogP contribution in [0, 0.1) is 0 Å². The van der Waals surface area contributed by atoms with E-state index in [1.807, 2.05) is 36.5 Å². The van der Waals surface area contributed by atoms with Gasteiger partial charge < -0.3 is 29.9 Å². The average Bonchev–Trinajstić information content (AvgIpc) is 3.91. The Kier molecular flexibility index (Phi) is 12.3. The molecule has 3 fully saturated rings. The van der Waals surface area contributed by atoms with Crippen molar-refractivity contribution < 1.29 is 29.0 Å². The number of hydrogen-bond donors (Lipinski definition) is 3. The summed E-state index contributed by atoms with van der Waals surface area (Å²) < 4.78 is 5.70. The van der Waals surface area contributed by atoms with E-state index in [-0.39, 0.29) is 30.2 Å². The van der Waals surface area contributed by atoms with E-state index in [2.05, 4.69) is 56.3 Å². The molecule has 5 aromatic rings. The van der Waals surface area contributed by atoms with Gasteiger partial charge in [0, 0.05) is 103 Å². The Morgan fingerprint density at radius 2 is 1.64 bits per heavy atom. The lowest BCUT2D eigenvalue weighted by atomic mass is 9.91. The van der Waals surface area contributed by atoms with Crippen molar-refractivity contribution in [1.82, 2.24) is 30.1 Å². The summed E-state index contributed by atoms with van der Waals surface area (Å²) >= 11 is 1.64. The van der Waals surface area contributed by atoms with E-state index >= 15 is 0 Å². The number of anilines is 5. The van der Waals surface area contributed by atoms with E-state index in [9.17, 15) is 24.3 Å². The molecule has 6 aliphatic rings. The number of piperidine rings is 2. The molecular weight excluding hydrogens is 905 g/mol. The van der Waals surface area contributed by atoms with Gasteiger partial charge in [0.2, 0.25) is 17.7 Å². The standard InChI is InChI=1S/C53H60N10O6S/c1-30-23-35(16-19-60(30)36-9-11-39-34(24-36)29-63(52(39)67)43-12-14-46(65)58-50(43)66)59-21-22-61(31(2)28-59)37-10-13-45(55-27-37)57-42-25-33(26-56-51(42)69-4)38-15-18-54-49(47(38)32(3)64)62-20-17-41-40-7-5-6-8-44(40)70-48(41)53(62)68/h9-11,13,15,18,24-27,30-32,35,43,64H,5-8,12,14,16-17,19-23,28-29H2,1-4H3,(H,55,57)(H,58,65,66)/t30-,31+,32?,35?,43+/m1/s1. The summed E-state index contributed by atoms with van der Waals surface area (Å²) in [5, 5.41) is 17.1. The highest BCUT2D eigenvalue weighted by molar-refractivity contribution is 7.14. The third-order valence-electron chi connectivity index (χ3n) is 15.5. The highest BCUT2D eigenvalue weighted by atomic mass is 32.1. The summed E-state index contributed by atoms with van der Waals surface area (Å²) in [4.78, 5) is 79.0. The second-order valence-electron chi connectivity index (χ2n) is 19.8. The molecule has 0 spiro atoms. The predicted octanol–water partition coefficient (Wildman–Crippen LogP) is 6.82. The van der Waals surface area contributed by atoms with Gasteiger partial charge in [-0.1, -0.05) is 0 Å². The first kappa shape index (κ1) is 46.0. The van der Waals surface area contributed by atoms with Crippen LogP contribution in [0.25, 0.3) is 11.1 Å². The van der Waals surface area contributed by atoms with Crippen molar-refractivity contribution in [3.8, 4) is 17.0 Å². The second kappa shape index (κ2) is 18.7. The highest BCUT2D eigenvalue weighted by Crippen LogP contribution is 2.42. The molecule has 4 aromatic heterocycles. The fourth-order valence-corrected chi connectivity index (χ4v) is 13.4. The molecule has 364 valence electrons. The van der Waals surface area contributed by atoms with Crippen LogP contribution >= 0.6 is 11.3 Å². The molecule has 1 aliphatic carbocycles. The summed E-state index contributed by atoms with van der Waals surface area (Å²) in [6.45, 7) is 10.8. The zero-order chi connectivity index (χ0) is 48.4. The maximum Gasteiger partial charge on any atom is 0.269 e. The smallest absolute Gasteiger partial charge is 0.269 e. The first-order valence-corrected chi connectivity index (χ1v) is 25.7. The van der Waals surface area contributed by atoms with Crippen molar-refractivity contribution in [2.45, 2.75) is 115 Å². The normalized spacial score (nSPS) is 23.2. The number of fused-ring (bicyclic) bond motifs is 4. The van der Waals surface area contributed by atoms with Crippen LogP contribution < -0.4 is 30.1 Å². The van der Waals surface area contributed by atoms with Gasteiger partial charge in [0.15, 0.2) is 0 Å². The molecule has 11 rings (SSSR count). The van der Waals surface area contributed by atoms with Crippen LogP contribution in [0.5, 0.6) is 5.88 Å². The van der Waals surface area contributed by atoms with Crippen molar-refractivity contribution in [3.05, 3.63) is 98.6 Å². The quantitative estimate of drug-likeness (QED) is 0.125. The van der Waals surface area contributed by atoms with Crippen LogP contribution in [0.1, 0.15) is 113 Å². The molecule has 16 nitrogen and oxygen atoms in total. The number of aliphatic hydroxyl groups excluding tert-OH is 1. The van der Waals surface area contributed by atoms with Gasteiger partial charge in [0.05, 0.1) is 30.0 Å². The summed E-state index contributed by atoms with van der Waals surface area (Å²) in [5.74, 6) is 0.641.